The van der Waals surface area contributed by atoms with Gasteiger partial charge in [-0.1, -0.05) is 79.1 Å². The van der Waals surface area contributed by atoms with Crippen LogP contribution in [0.25, 0.3) is 0 Å². The summed E-state index contributed by atoms with van der Waals surface area (Å²) >= 11 is 0. The molecule has 0 aromatic heterocycles. The number of carbonyl (C=O) groups is 1. The van der Waals surface area contributed by atoms with E-state index >= 15 is 0 Å². The molecule has 2 aliphatic heterocycles. The molecule has 0 bridgehead atoms. The molecular weight excluding hydrogens is 560 g/mol. The van der Waals surface area contributed by atoms with Gasteiger partial charge < -0.3 is 48.5 Å². The Hall–Kier alpha value is -1.47. The van der Waals surface area contributed by atoms with Gasteiger partial charge in [0.05, 0.1) is 13.2 Å². The van der Waals surface area contributed by atoms with Crippen molar-refractivity contribution < 1.29 is 53.3 Å². The van der Waals surface area contributed by atoms with Crippen LogP contribution < -0.4 is 0 Å². The maximum absolute atomic E-state index is 12.7. The average Bonchev–Trinajstić information content (AvgIpc) is 3.29. The minimum absolute atomic E-state index is 0.223. The molecule has 1 saturated heterocycles. The van der Waals surface area contributed by atoms with Crippen LogP contribution >= 0.6 is 0 Å². The van der Waals surface area contributed by atoms with Gasteiger partial charge in [-0.3, -0.25) is 0 Å². The molecule has 2 heterocycles. The van der Waals surface area contributed by atoms with E-state index in [-0.39, 0.29) is 6.61 Å². The van der Waals surface area contributed by atoms with Crippen LogP contribution in [-0.4, -0.2) is 104 Å². The molecule has 11 nitrogen and oxygen atoms in total. The van der Waals surface area contributed by atoms with Crippen molar-refractivity contribution >= 4 is 5.97 Å². The maximum atomic E-state index is 12.7. The van der Waals surface area contributed by atoms with Crippen LogP contribution in [0.5, 0.6) is 0 Å². The zero-order valence-electron chi connectivity index (χ0n) is 26.9. The average molecular weight is 619 g/mol. The number of hydrogen-bond acceptors (Lipinski definition) is 11. The van der Waals surface area contributed by atoms with Gasteiger partial charge in [-0.15, -0.1) is 0 Å². The lowest BCUT2D eigenvalue weighted by atomic mass is 9.97. The van der Waals surface area contributed by atoms with Gasteiger partial charge in [0.15, 0.2) is 11.9 Å². The van der Waals surface area contributed by atoms with E-state index in [9.17, 15) is 20.1 Å². The Kier molecular flexibility index (Phi) is 19.4. The van der Waals surface area contributed by atoms with Crippen molar-refractivity contribution in [3.63, 3.8) is 0 Å². The molecule has 2 rings (SSSR count). The summed E-state index contributed by atoms with van der Waals surface area (Å²) in [6, 6.07) is 0. The smallest absolute Gasteiger partial charge is 0.378 e. The number of carbonyl (C=O) groups excluding carboxylic acids is 1. The summed E-state index contributed by atoms with van der Waals surface area (Å²) in [7, 11) is 0. The van der Waals surface area contributed by atoms with E-state index < -0.39 is 67.0 Å². The van der Waals surface area contributed by atoms with Crippen LogP contribution in [0.1, 0.15) is 105 Å². The van der Waals surface area contributed by atoms with Crippen molar-refractivity contribution in [2.75, 3.05) is 39.6 Å². The molecule has 2 aliphatic rings. The molecule has 252 valence electrons. The number of ether oxygens (including phenoxy) is 7. The zero-order valence-corrected chi connectivity index (χ0v) is 26.9. The molecule has 0 radical (unpaired) electrons. The van der Waals surface area contributed by atoms with E-state index in [2.05, 4.69) is 27.7 Å². The summed E-state index contributed by atoms with van der Waals surface area (Å²) in [5.74, 6) is -2.06. The van der Waals surface area contributed by atoms with Crippen molar-refractivity contribution in [3.05, 3.63) is 11.5 Å². The van der Waals surface area contributed by atoms with Gasteiger partial charge in [0.2, 0.25) is 12.0 Å². The molecular formula is C32H58O11. The molecule has 7 atom stereocenters. The second-order valence-corrected chi connectivity index (χ2v) is 11.4. The maximum Gasteiger partial charge on any atom is 0.378 e. The predicted octanol–water partition coefficient (Wildman–Crippen LogP) is 4.71. The van der Waals surface area contributed by atoms with Crippen LogP contribution in [0.4, 0.5) is 0 Å². The fourth-order valence-electron chi connectivity index (χ4n) is 5.08. The third-order valence-electron chi connectivity index (χ3n) is 7.63. The van der Waals surface area contributed by atoms with E-state index in [0.29, 0.717) is 26.4 Å². The van der Waals surface area contributed by atoms with Gasteiger partial charge in [0.25, 0.3) is 0 Å². The number of cyclic esters (lactones) is 1. The highest BCUT2D eigenvalue weighted by Crippen LogP contribution is 2.34. The van der Waals surface area contributed by atoms with Crippen molar-refractivity contribution in [1.82, 2.24) is 0 Å². The molecule has 0 unspecified atom stereocenters. The quantitative estimate of drug-likeness (QED) is 0.0967. The van der Waals surface area contributed by atoms with Gasteiger partial charge in [-0.25, -0.2) is 4.79 Å². The summed E-state index contributed by atoms with van der Waals surface area (Å²) in [6.07, 6.45) is 5.18. The molecule has 0 aliphatic carbocycles. The third kappa shape index (κ3) is 12.4. The van der Waals surface area contributed by atoms with Gasteiger partial charge in [0.1, 0.15) is 30.5 Å². The van der Waals surface area contributed by atoms with Crippen molar-refractivity contribution in [3.8, 4) is 0 Å². The van der Waals surface area contributed by atoms with Crippen LogP contribution in [0.15, 0.2) is 11.5 Å². The normalized spacial score (nSPS) is 26.6. The first-order valence-electron chi connectivity index (χ1n) is 16.6. The molecule has 0 aromatic carbocycles. The topological polar surface area (TPSA) is 142 Å². The minimum Gasteiger partial charge on any atom is -0.505 e. The summed E-state index contributed by atoms with van der Waals surface area (Å²) < 4.78 is 42.9. The molecule has 3 N–H and O–H groups in total. The second kappa shape index (κ2) is 22.1. The number of aliphatic hydroxyl groups excluding tert-OH is 3. The highest BCUT2D eigenvalue weighted by Gasteiger charge is 2.51. The standard InChI is InChI=1S/C32H58O11/c1-5-9-13-17-37-22-24-27(38-18-14-10-6-2)29(39-19-15-11-7-3)30(40-20-16-12-8-4)32(41-24)43-28-25(35)26(23(34)21-33)42-31(28)36/h23-24,26-27,29-30,32-35H,5-22H2,1-4H3/t23-,24+,26+,27+,29-,30+,32-/m0/s1. The highest BCUT2D eigenvalue weighted by molar-refractivity contribution is 5.89. The lowest BCUT2D eigenvalue weighted by Crippen LogP contribution is -2.62. The van der Waals surface area contributed by atoms with Crippen LogP contribution in [0, 0.1) is 0 Å². The van der Waals surface area contributed by atoms with Gasteiger partial charge in [-0.2, -0.15) is 0 Å². The van der Waals surface area contributed by atoms with Crippen molar-refractivity contribution in [1.29, 1.82) is 0 Å². The Morgan fingerprint density at radius 3 is 1.79 bits per heavy atom. The zero-order chi connectivity index (χ0) is 31.5. The van der Waals surface area contributed by atoms with Crippen LogP contribution in [0.2, 0.25) is 0 Å². The molecule has 1 fully saturated rings. The third-order valence-corrected chi connectivity index (χ3v) is 7.63. The largest absolute Gasteiger partial charge is 0.505 e. The summed E-state index contributed by atoms with van der Waals surface area (Å²) in [6.45, 7) is 10.0. The predicted molar refractivity (Wildman–Crippen MR) is 161 cm³/mol. The van der Waals surface area contributed by atoms with Crippen molar-refractivity contribution in [2.45, 2.75) is 148 Å². The molecule has 0 spiro atoms. The monoisotopic (exact) mass is 618 g/mol. The summed E-state index contributed by atoms with van der Waals surface area (Å²) in [5, 5.41) is 30.1. The van der Waals surface area contributed by atoms with Crippen molar-refractivity contribution in [2.24, 2.45) is 0 Å². The number of hydrogen-bond donors (Lipinski definition) is 3. The Labute approximate surface area is 258 Å². The summed E-state index contributed by atoms with van der Waals surface area (Å²) in [5.41, 5.74) is 0. The van der Waals surface area contributed by atoms with E-state index in [1.54, 1.807) is 0 Å². The van der Waals surface area contributed by atoms with E-state index in [1.807, 2.05) is 0 Å². The molecule has 0 amide bonds. The molecule has 0 aromatic rings. The highest BCUT2D eigenvalue weighted by atomic mass is 16.7. The SMILES string of the molecule is CCCCCOC[C@H]1O[C@@H](OC2=C(O)[C@@H]([C@@H](O)CO)OC2=O)[C@H](OCCCCC)[C@@H](OCCCCC)[C@@H]1OCCCCC. The fourth-order valence-corrected chi connectivity index (χ4v) is 5.08. The van der Waals surface area contributed by atoms with E-state index in [1.165, 1.54) is 0 Å². The molecule has 0 saturated carbocycles. The number of unbranched alkanes of at least 4 members (excludes halogenated alkanes) is 8. The van der Waals surface area contributed by atoms with Gasteiger partial charge in [-0.05, 0) is 25.7 Å². The number of esters is 1. The molecule has 43 heavy (non-hydrogen) atoms. The second-order valence-electron chi connectivity index (χ2n) is 11.4. The number of aliphatic hydroxyl groups is 3. The first-order chi connectivity index (χ1) is 20.9. The first kappa shape index (κ1) is 37.7. The Bertz CT molecular complexity index is 776. The van der Waals surface area contributed by atoms with E-state index in [4.69, 9.17) is 33.2 Å². The van der Waals surface area contributed by atoms with Gasteiger partial charge in [0, 0.05) is 26.4 Å². The van der Waals surface area contributed by atoms with Crippen LogP contribution in [-0.2, 0) is 38.0 Å². The van der Waals surface area contributed by atoms with Crippen LogP contribution in [0.3, 0.4) is 0 Å². The Balaban J connectivity index is 2.39. The lowest BCUT2D eigenvalue weighted by molar-refractivity contribution is -0.316. The Morgan fingerprint density at radius 2 is 1.26 bits per heavy atom. The Morgan fingerprint density at radius 1 is 0.744 bits per heavy atom. The fraction of sp³-hybridized carbons (Fsp3) is 0.906. The lowest BCUT2D eigenvalue weighted by Gasteiger charge is -2.45. The van der Waals surface area contributed by atoms with E-state index in [0.717, 1.165) is 77.0 Å². The first-order valence-corrected chi connectivity index (χ1v) is 16.6. The number of rotatable bonds is 25. The minimum atomic E-state index is -1.50. The van der Waals surface area contributed by atoms with Gasteiger partial charge >= 0.3 is 5.97 Å². The molecule has 11 heteroatoms. The summed E-state index contributed by atoms with van der Waals surface area (Å²) in [4.78, 5) is 12.7.